The van der Waals surface area contributed by atoms with Crippen molar-refractivity contribution in [2.75, 3.05) is 5.32 Å². The molecule has 0 radical (unpaired) electrons. The molecule has 18 heavy (non-hydrogen) atoms. The van der Waals surface area contributed by atoms with E-state index in [2.05, 4.69) is 34.6 Å². The second-order valence-electron chi connectivity index (χ2n) is 4.55. The first-order valence-electron chi connectivity index (χ1n) is 6.04. The van der Waals surface area contributed by atoms with Crippen LogP contribution in [0.2, 0.25) is 0 Å². The largest absolute Gasteiger partial charge is 0.380 e. The number of nitrogens with zero attached hydrogens (tertiary/aromatic N) is 2. The van der Waals surface area contributed by atoms with Crippen molar-refractivity contribution in [3.05, 3.63) is 59.9 Å². The van der Waals surface area contributed by atoms with Gasteiger partial charge >= 0.3 is 0 Å². The average molecular weight is 235 g/mol. The molecular formula is C15H13N3. The minimum absolute atomic E-state index is 0.455. The Morgan fingerprint density at radius 1 is 1.17 bits per heavy atom. The second kappa shape index (κ2) is 4.50. The van der Waals surface area contributed by atoms with Crippen LogP contribution in [0.5, 0.6) is 0 Å². The minimum Gasteiger partial charge on any atom is -0.380 e. The molecule has 0 aliphatic heterocycles. The highest BCUT2D eigenvalue weighted by Crippen LogP contribution is 2.42. The van der Waals surface area contributed by atoms with E-state index in [0.29, 0.717) is 17.7 Å². The van der Waals surface area contributed by atoms with Gasteiger partial charge in [-0.05, 0) is 24.1 Å². The first-order valence-corrected chi connectivity index (χ1v) is 6.04. The number of rotatable bonds is 3. The number of pyridine rings is 1. The molecule has 1 saturated carbocycles. The normalized spacial score (nSPS) is 21.1. The molecule has 0 bridgehead atoms. The predicted molar refractivity (Wildman–Crippen MR) is 70.2 cm³/mol. The van der Waals surface area contributed by atoms with Crippen molar-refractivity contribution >= 4 is 5.69 Å². The van der Waals surface area contributed by atoms with E-state index in [4.69, 9.17) is 5.26 Å². The standard InChI is InChI=1S/C15H13N3/c16-9-12-6-7-13(10-17-12)18-15-8-14(15)11-4-2-1-3-5-11/h1-7,10,14-15,18H,8H2. The van der Waals surface area contributed by atoms with Gasteiger partial charge in [-0.1, -0.05) is 30.3 Å². The fourth-order valence-electron chi connectivity index (χ4n) is 2.18. The zero-order chi connectivity index (χ0) is 12.4. The lowest BCUT2D eigenvalue weighted by atomic mass is 10.1. The van der Waals surface area contributed by atoms with Crippen LogP contribution in [-0.4, -0.2) is 11.0 Å². The molecule has 88 valence electrons. The molecule has 3 rings (SSSR count). The number of anilines is 1. The minimum atomic E-state index is 0.455. The van der Waals surface area contributed by atoms with Gasteiger partial charge in [-0.3, -0.25) is 0 Å². The van der Waals surface area contributed by atoms with Crippen LogP contribution >= 0.6 is 0 Å². The van der Waals surface area contributed by atoms with Gasteiger partial charge in [-0.25, -0.2) is 4.98 Å². The van der Waals surface area contributed by atoms with Crippen molar-refractivity contribution < 1.29 is 0 Å². The molecule has 1 N–H and O–H groups in total. The highest BCUT2D eigenvalue weighted by atomic mass is 15.0. The summed E-state index contributed by atoms with van der Waals surface area (Å²) < 4.78 is 0. The second-order valence-corrected chi connectivity index (χ2v) is 4.55. The molecule has 0 spiro atoms. The first-order chi connectivity index (χ1) is 8.86. The number of hydrogen-bond donors (Lipinski definition) is 1. The molecule has 1 fully saturated rings. The van der Waals surface area contributed by atoms with E-state index in [1.807, 2.05) is 18.2 Å². The van der Waals surface area contributed by atoms with Gasteiger partial charge in [0.15, 0.2) is 0 Å². The highest BCUT2D eigenvalue weighted by molar-refractivity contribution is 5.47. The Morgan fingerprint density at radius 3 is 2.67 bits per heavy atom. The zero-order valence-corrected chi connectivity index (χ0v) is 9.88. The molecule has 1 aromatic carbocycles. The van der Waals surface area contributed by atoms with E-state index < -0.39 is 0 Å². The van der Waals surface area contributed by atoms with Crippen LogP contribution in [-0.2, 0) is 0 Å². The van der Waals surface area contributed by atoms with Gasteiger partial charge in [0, 0.05) is 12.0 Å². The molecule has 1 heterocycles. The Bertz CT molecular complexity index is 569. The van der Waals surface area contributed by atoms with Gasteiger partial charge in [0.1, 0.15) is 11.8 Å². The number of aromatic nitrogens is 1. The summed E-state index contributed by atoms with van der Waals surface area (Å²) in [5, 5.41) is 12.1. The Hall–Kier alpha value is -2.34. The number of hydrogen-bond acceptors (Lipinski definition) is 3. The maximum absolute atomic E-state index is 8.68. The van der Waals surface area contributed by atoms with Gasteiger partial charge in [0.05, 0.1) is 11.9 Å². The lowest BCUT2D eigenvalue weighted by Crippen LogP contribution is -2.04. The molecule has 3 heteroatoms. The Kier molecular flexibility index (Phi) is 2.70. The van der Waals surface area contributed by atoms with Crippen molar-refractivity contribution in [1.82, 2.24) is 4.98 Å². The maximum Gasteiger partial charge on any atom is 0.140 e. The summed E-state index contributed by atoms with van der Waals surface area (Å²) in [5.74, 6) is 0.599. The predicted octanol–water partition coefficient (Wildman–Crippen LogP) is 2.92. The van der Waals surface area contributed by atoms with Crippen LogP contribution in [0.15, 0.2) is 48.7 Å². The summed E-state index contributed by atoms with van der Waals surface area (Å²) in [6, 6.07) is 16.7. The summed E-state index contributed by atoms with van der Waals surface area (Å²) in [6.07, 6.45) is 2.88. The molecule has 3 nitrogen and oxygen atoms in total. The average Bonchev–Trinajstić information content (AvgIpc) is 3.20. The molecular weight excluding hydrogens is 222 g/mol. The van der Waals surface area contributed by atoms with Gasteiger partial charge in [0.2, 0.25) is 0 Å². The SMILES string of the molecule is N#Cc1ccc(NC2CC2c2ccccc2)cn1. The maximum atomic E-state index is 8.68. The fourth-order valence-corrected chi connectivity index (χ4v) is 2.18. The smallest absolute Gasteiger partial charge is 0.140 e. The van der Waals surface area contributed by atoms with Crippen molar-refractivity contribution in [2.45, 2.75) is 18.4 Å². The van der Waals surface area contributed by atoms with Gasteiger partial charge in [0.25, 0.3) is 0 Å². The van der Waals surface area contributed by atoms with Crippen molar-refractivity contribution in [3.63, 3.8) is 0 Å². The lowest BCUT2D eigenvalue weighted by Gasteiger charge is -2.05. The van der Waals surface area contributed by atoms with Crippen LogP contribution in [0.25, 0.3) is 0 Å². The van der Waals surface area contributed by atoms with Crippen LogP contribution in [0.1, 0.15) is 23.6 Å². The molecule has 2 atom stereocenters. The number of nitrogens with one attached hydrogen (secondary N) is 1. The Morgan fingerprint density at radius 2 is 2.00 bits per heavy atom. The van der Waals surface area contributed by atoms with E-state index in [9.17, 15) is 0 Å². The Balaban J connectivity index is 1.64. The van der Waals surface area contributed by atoms with Crippen LogP contribution in [0, 0.1) is 11.3 Å². The van der Waals surface area contributed by atoms with Gasteiger partial charge in [-0.2, -0.15) is 5.26 Å². The molecule has 0 saturated heterocycles. The Labute approximate surface area is 106 Å². The molecule has 1 aromatic heterocycles. The summed E-state index contributed by atoms with van der Waals surface area (Å²) in [4.78, 5) is 4.05. The van der Waals surface area contributed by atoms with Crippen LogP contribution in [0.4, 0.5) is 5.69 Å². The van der Waals surface area contributed by atoms with E-state index >= 15 is 0 Å². The summed E-state index contributed by atoms with van der Waals surface area (Å²) in [6.45, 7) is 0. The first kappa shape index (κ1) is 10.8. The van der Waals surface area contributed by atoms with Crippen molar-refractivity contribution in [3.8, 4) is 6.07 Å². The van der Waals surface area contributed by atoms with Crippen molar-refractivity contribution in [1.29, 1.82) is 5.26 Å². The quantitative estimate of drug-likeness (QED) is 0.889. The lowest BCUT2D eigenvalue weighted by molar-refractivity contribution is 1.04. The van der Waals surface area contributed by atoms with E-state index in [-0.39, 0.29) is 0 Å². The highest BCUT2D eigenvalue weighted by Gasteiger charge is 2.38. The number of nitriles is 1. The van der Waals surface area contributed by atoms with E-state index in [1.165, 1.54) is 5.56 Å². The monoisotopic (exact) mass is 235 g/mol. The molecule has 2 unspecified atom stereocenters. The third kappa shape index (κ3) is 2.18. The third-order valence-electron chi connectivity index (χ3n) is 3.25. The summed E-state index contributed by atoms with van der Waals surface area (Å²) in [5.41, 5.74) is 2.82. The molecule has 2 aromatic rings. The topological polar surface area (TPSA) is 48.7 Å². The van der Waals surface area contributed by atoms with Crippen LogP contribution in [0.3, 0.4) is 0 Å². The molecule has 1 aliphatic rings. The fraction of sp³-hybridized carbons (Fsp3) is 0.200. The zero-order valence-electron chi connectivity index (χ0n) is 9.88. The summed E-state index contributed by atoms with van der Waals surface area (Å²) >= 11 is 0. The van der Waals surface area contributed by atoms with E-state index in [1.54, 1.807) is 12.3 Å². The third-order valence-corrected chi connectivity index (χ3v) is 3.25. The van der Waals surface area contributed by atoms with Gasteiger partial charge in [-0.15, -0.1) is 0 Å². The summed E-state index contributed by atoms with van der Waals surface area (Å²) in [7, 11) is 0. The molecule has 1 aliphatic carbocycles. The van der Waals surface area contributed by atoms with E-state index in [0.717, 1.165) is 12.1 Å². The van der Waals surface area contributed by atoms with Crippen molar-refractivity contribution in [2.24, 2.45) is 0 Å². The van der Waals surface area contributed by atoms with Gasteiger partial charge < -0.3 is 5.32 Å². The molecule has 0 amide bonds. The number of benzene rings is 1. The van der Waals surface area contributed by atoms with Crippen LogP contribution < -0.4 is 5.32 Å².